The van der Waals surface area contributed by atoms with Crippen molar-refractivity contribution >= 4 is 9.84 Å². The van der Waals surface area contributed by atoms with Crippen LogP contribution in [0.15, 0.2) is 0 Å². The molecule has 61 valence electrons. The minimum Gasteiger partial charge on any atom is -0.226 e. The van der Waals surface area contributed by atoms with Crippen LogP contribution in [0.25, 0.3) is 0 Å². The van der Waals surface area contributed by atoms with E-state index < -0.39 is 15.8 Å². The molecule has 0 atom stereocenters. The van der Waals surface area contributed by atoms with Crippen molar-refractivity contribution in [1.82, 2.24) is 0 Å². The van der Waals surface area contributed by atoms with Gasteiger partial charge in [-0.3, -0.25) is 0 Å². The normalized spacial score (nSPS) is 11.8. The molecule has 0 aromatic heterocycles. The summed E-state index contributed by atoms with van der Waals surface area (Å²) in [5, 5.41) is 9.96. The highest BCUT2D eigenvalue weighted by atomic mass is 32.2. The minimum atomic E-state index is -3.25. The molecule has 0 saturated heterocycles. The smallest absolute Gasteiger partial charge is 0.183 e. The van der Waals surface area contributed by atoms with Crippen LogP contribution < -0.4 is 0 Å². The van der Waals surface area contributed by atoms with E-state index >= 15 is 0 Å². The molecule has 0 spiro atoms. The summed E-state index contributed by atoms with van der Waals surface area (Å²) >= 11 is 0. The quantitative estimate of drug-likeness (QED) is 0.570. The van der Waals surface area contributed by atoms with Gasteiger partial charge in [0.25, 0.3) is 0 Å². The molecule has 0 heterocycles. The van der Waals surface area contributed by atoms with Crippen LogP contribution in [0.4, 0.5) is 0 Å². The molecule has 1 radical (unpaired) electrons. The lowest BCUT2D eigenvalue weighted by Gasteiger charge is -1.96. The van der Waals surface area contributed by atoms with Crippen LogP contribution in [-0.4, -0.2) is 20.1 Å². The summed E-state index contributed by atoms with van der Waals surface area (Å²) in [5.74, 6) is -0.902. The van der Waals surface area contributed by atoms with Gasteiger partial charge in [-0.1, -0.05) is 19.8 Å². The van der Waals surface area contributed by atoms with E-state index in [0.29, 0.717) is 6.42 Å². The lowest BCUT2D eigenvalue weighted by molar-refractivity contribution is 0.250. The Hall–Kier alpha value is -0.0900. The van der Waals surface area contributed by atoms with Gasteiger partial charge in [0.2, 0.25) is 0 Å². The van der Waals surface area contributed by atoms with Crippen molar-refractivity contribution in [3.05, 3.63) is 0 Å². The van der Waals surface area contributed by atoms with Crippen molar-refractivity contribution < 1.29 is 13.5 Å². The SMILES string of the molecule is CCCCCS(=O)(=O)C[O]. The van der Waals surface area contributed by atoms with E-state index in [4.69, 9.17) is 0 Å². The molecule has 0 rings (SSSR count). The summed E-state index contributed by atoms with van der Waals surface area (Å²) in [6.45, 7) is 1.99. The van der Waals surface area contributed by atoms with Crippen LogP contribution in [0.5, 0.6) is 0 Å². The predicted octanol–water partition coefficient (Wildman–Crippen LogP) is 0.979. The first kappa shape index (κ1) is 9.91. The molecule has 0 amide bonds. The van der Waals surface area contributed by atoms with Gasteiger partial charge in [0.15, 0.2) is 15.8 Å². The average Bonchev–Trinajstić information content (AvgIpc) is 1.89. The third-order valence-corrected chi connectivity index (χ3v) is 2.51. The Morgan fingerprint density at radius 1 is 1.20 bits per heavy atom. The zero-order valence-corrected chi connectivity index (χ0v) is 6.99. The van der Waals surface area contributed by atoms with Crippen molar-refractivity contribution in [2.75, 3.05) is 11.7 Å². The molecule has 10 heavy (non-hydrogen) atoms. The van der Waals surface area contributed by atoms with Crippen molar-refractivity contribution in [2.24, 2.45) is 0 Å². The van der Waals surface area contributed by atoms with Gasteiger partial charge in [-0.2, -0.15) is 0 Å². The van der Waals surface area contributed by atoms with Crippen molar-refractivity contribution in [3.63, 3.8) is 0 Å². The zero-order valence-electron chi connectivity index (χ0n) is 6.17. The maximum atomic E-state index is 10.6. The Kier molecular flexibility index (Phi) is 4.64. The summed E-state index contributed by atoms with van der Waals surface area (Å²) < 4.78 is 21.1. The molecular weight excluding hydrogens is 152 g/mol. The molecule has 0 aromatic rings. The monoisotopic (exact) mass is 165 g/mol. The molecule has 0 aliphatic heterocycles. The first-order valence-electron chi connectivity index (χ1n) is 3.41. The molecule has 0 fully saturated rings. The van der Waals surface area contributed by atoms with E-state index in [0.717, 1.165) is 12.8 Å². The van der Waals surface area contributed by atoms with Crippen LogP contribution in [0, 0.1) is 0 Å². The molecule has 4 heteroatoms. The van der Waals surface area contributed by atoms with Crippen LogP contribution in [0.3, 0.4) is 0 Å². The van der Waals surface area contributed by atoms with Gasteiger partial charge in [0, 0.05) is 0 Å². The van der Waals surface area contributed by atoms with Gasteiger partial charge in [-0.15, -0.1) is 0 Å². The van der Waals surface area contributed by atoms with Gasteiger partial charge >= 0.3 is 0 Å². The van der Waals surface area contributed by atoms with Crippen molar-refractivity contribution in [2.45, 2.75) is 26.2 Å². The van der Waals surface area contributed by atoms with E-state index in [2.05, 4.69) is 0 Å². The van der Waals surface area contributed by atoms with Crippen LogP contribution in [0.1, 0.15) is 26.2 Å². The second kappa shape index (κ2) is 4.68. The van der Waals surface area contributed by atoms with Crippen molar-refractivity contribution in [3.8, 4) is 0 Å². The maximum absolute atomic E-state index is 10.6. The lowest BCUT2D eigenvalue weighted by atomic mass is 10.3. The van der Waals surface area contributed by atoms with E-state index in [9.17, 15) is 13.5 Å². The predicted molar refractivity (Wildman–Crippen MR) is 38.9 cm³/mol. The third-order valence-electron chi connectivity index (χ3n) is 1.24. The Morgan fingerprint density at radius 2 is 1.80 bits per heavy atom. The average molecular weight is 165 g/mol. The maximum Gasteiger partial charge on any atom is 0.183 e. The summed E-state index contributed by atoms with van der Waals surface area (Å²) in [7, 11) is -3.25. The summed E-state index contributed by atoms with van der Waals surface area (Å²) in [5.41, 5.74) is 0. The van der Waals surface area contributed by atoms with Gasteiger partial charge in [-0.25, -0.2) is 13.5 Å². The number of sulfone groups is 1. The summed E-state index contributed by atoms with van der Waals surface area (Å²) in [6.07, 6.45) is 2.49. The van der Waals surface area contributed by atoms with E-state index in [1.165, 1.54) is 0 Å². The number of unbranched alkanes of at least 4 members (excludes halogenated alkanes) is 2. The topological polar surface area (TPSA) is 54.0 Å². The number of hydrogen-bond donors (Lipinski definition) is 0. The van der Waals surface area contributed by atoms with Crippen LogP contribution in [-0.2, 0) is 14.9 Å². The largest absolute Gasteiger partial charge is 0.226 e. The van der Waals surface area contributed by atoms with E-state index in [-0.39, 0.29) is 5.75 Å². The Labute approximate surface area is 62.0 Å². The van der Waals surface area contributed by atoms with E-state index in [1.54, 1.807) is 0 Å². The molecule has 0 unspecified atom stereocenters. The Morgan fingerprint density at radius 3 is 2.20 bits per heavy atom. The zero-order chi connectivity index (χ0) is 8.04. The Balaban J connectivity index is 3.49. The molecule has 0 saturated carbocycles. The number of hydrogen-bond acceptors (Lipinski definition) is 2. The summed E-state index contributed by atoms with van der Waals surface area (Å²) in [4.78, 5) is 0. The lowest BCUT2D eigenvalue weighted by Crippen LogP contribution is -2.09. The fraction of sp³-hybridized carbons (Fsp3) is 1.00. The van der Waals surface area contributed by atoms with Gasteiger partial charge in [-0.05, 0) is 6.42 Å². The molecule has 0 N–H and O–H groups in total. The highest BCUT2D eigenvalue weighted by Crippen LogP contribution is 1.98. The van der Waals surface area contributed by atoms with Gasteiger partial charge < -0.3 is 0 Å². The highest BCUT2D eigenvalue weighted by molar-refractivity contribution is 7.91. The molecule has 0 aromatic carbocycles. The first-order valence-corrected chi connectivity index (χ1v) is 5.23. The van der Waals surface area contributed by atoms with Gasteiger partial charge in [0.1, 0.15) is 0 Å². The standard InChI is InChI=1S/C6H13O3S/c1-2-3-4-5-10(8,9)6-7/h2-6H2,1H3. The fourth-order valence-corrected chi connectivity index (χ4v) is 1.39. The highest BCUT2D eigenvalue weighted by Gasteiger charge is 2.07. The molecule has 0 aliphatic carbocycles. The summed E-state index contributed by atoms with van der Waals surface area (Å²) in [6, 6.07) is 0. The second-order valence-corrected chi connectivity index (χ2v) is 4.40. The first-order chi connectivity index (χ1) is 4.62. The Bertz CT molecular complexity index is 160. The molecule has 0 bridgehead atoms. The third kappa shape index (κ3) is 4.76. The second-order valence-electron chi connectivity index (χ2n) is 2.27. The van der Waals surface area contributed by atoms with Crippen LogP contribution >= 0.6 is 0 Å². The molecule has 0 aliphatic rings. The fourth-order valence-electron chi connectivity index (χ4n) is 0.631. The van der Waals surface area contributed by atoms with E-state index in [1.807, 2.05) is 6.92 Å². The van der Waals surface area contributed by atoms with Crippen molar-refractivity contribution in [1.29, 1.82) is 0 Å². The molecular formula is C6H13O3S. The minimum absolute atomic E-state index is 0.0599. The van der Waals surface area contributed by atoms with Crippen LogP contribution in [0.2, 0.25) is 0 Å². The van der Waals surface area contributed by atoms with Gasteiger partial charge in [0.05, 0.1) is 5.75 Å². The molecule has 3 nitrogen and oxygen atoms in total. The number of rotatable bonds is 5.